The minimum atomic E-state index is -0.243. The van der Waals surface area contributed by atoms with Gasteiger partial charge in [0.2, 0.25) is 0 Å². The van der Waals surface area contributed by atoms with Crippen LogP contribution in [0.5, 0.6) is 0 Å². The molecule has 2 N–H and O–H groups in total. The highest BCUT2D eigenvalue weighted by molar-refractivity contribution is 4.70. The van der Waals surface area contributed by atoms with E-state index in [9.17, 15) is 10.2 Å². The number of aliphatic hydroxyl groups is 2. The summed E-state index contributed by atoms with van der Waals surface area (Å²) >= 11 is 0. The van der Waals surface area contributed by atoms with E-state index in [0.717, 1.165) is 45.3 Å². The van der Waals surface area contributed by atoms with Crippen molar-refractivity contribution in [2.75, 3.05) is 19.6 Å². The molecule has 0 aliphatic rings. The van der Waals surface area contributed by atoms with Crippen molar-refractivity contribution in [2.24, 2.45) is 0 Å². The van der Waals surface area contributed by atoms with E-state index in [0.29, 0.717) is 0 Å². The molecule has 0 fully saturated rings. The standard InChI is InChI=1S/C29H61NO2/c1-4-7-10-12-14-16-18-20-23-28(31)26-30(25-22-9-6-3)27-29(32)24-21-19-17-15-13-11-8-5-2/h28-29,31-32H,4-27H2,1-3H3. The molecule has 0 saturated heterocycles. The lowest BCUT2D eigenvalue weighted by Crippen LogP contribution is -2.38. The smallest absolute Gasteiger partial charge is 0.0667 e. The molecule has 32 heavy (non-hydrogen) atoms. The van der Waals surface area contributed by atoms with Gasteiger partial charge in [0, 0.05) is 13.1 Å². The number of aliphatic hydroxyl groups excluding tert-OH is 2. The van der Waals surface area contributed by atoms with E-state index in [2.05, 4.69) is 25.7 Å². The highest BCUT2D eigenvalue weighted by Crippen LogP contribution is 2.14. The maximum atomic E-state index is 10.6. The average Bonchev–Trinajstić information content (AvgIpc) is 2.77. The molecule has 0 spiro atoms. The molecule has 2 atom stereocenters. The van der Waals surface area contributed by atoms with Crippen LogP contribution < -0.4 is 0 Å². The molecule has 0 aliphatic carbocycles. The Morgan fingerprint density at radius 2 is 0.750 bits per heavy atom. The van der Waals surface area contributed by atoms with E-state index in [-0.39, 0.29) is 12.2 Å². The normalized spacial score (nSPS) is 13.7. The number of hydrogen-bond donors (Lipinski definition) is 2. The van der Waals surface area contributed by atoms with Crippen LogP contribution in [0.1, 0.15) is 156 Å². The Labute approximate surface area is 202 Å². The fourth-order valence-electron chi connectivity index (χ4n) is 4.65. The molecule has 0 aromatic heterocycles. The molecule has 0 heterocycles. The first-order valence-electron chi connectivity index (χ1n) is 14.7. The van der Waals surface area contributed by atoms with Crippen LogP contribution in [0.25, 0.3) is 0 Å². The molecule has 3 nitrogen and oxygen atoms in total. The third-order valence-electron chi connectivity index (χ3n) is 6.80. The largest absolute Gasteiger partial charge is 0.392 e. The van der Waals surface area contributed by atoms with Gasteiger partial charge < -0.3 is 10.2 Å². The molecule has 0 aromatic rings. The Balaban J connectivity index is 3.97. The summed E-state index contributed by atoms with van der Waals surface area (Å²) in [5.41, 5.74) is 0. The fraction of sp³-hybridized carbons (Fsp3) is 1.00. The first-order valence-corrected chi connectivity index (χ1v) is 14.7. The first kappa shape index (κ1) is 31.9. The summed E-state index contributed by atoms with van der Waals surface area (Å²) in [6.45, 7) is 9.24. The van der Waals surface area contributed by atoms with Gasteiger partial charge in [-0.3, -0.25) is 4.90 Å². The molecule has 194 valence electrons. The van der Waals surface area contributed by atoms with Crippen molar-refractivity contribution in [2.45, 2.75) is 168 Å². The Morgan fingerprint density at radius 3 is 1.12 bits per heavy atom. The highest BCUT2D eigenvalue weighted by atomic mass is 16.3. The van der Waals surface area contributed by atoms with Gasteiger partial charge in [-0.15, -0.1) is 0 Å². The van der Waals surface area contributed by atoms with E-state index in [1.54, 1.807) is 0 Å². The summed E-state index contributed by atoms with van der Waals surface area (Å²) in [7, 11) is 0. The predicted octanol–water partition coefficient (Wildman–Crippen LogP) is 8.26. The lowest BCUT2D eigenvalue weighted by Gasteiger charge is -2.27. The molecule has 0 bridgehead atoms. The molecular formula is C29H61NO2. The maximum absolute atomic E-state index is 10.6. The Bertz CT molecular complexity index is 322. The van der Waals surface area contributed by atoms with Crippen molar-refractivity contribution in [3.8, 4) is 0 Å². The monoisotopic (exact) mass is 455 g/mol. The van der Waals surface area contributed by atoms with Crippen LogP contribution in [-0.4, -0.2) is 47.0 Å². The molecule has 0 aromatic carbocycles. The van der Waals surface area contributed by atoms with E-state index in [4.69, 9.17) is 0 Å². The minimum absolute atomic E-state index is 0.243. The maximum Gasteiger partial charge on any atom is 0.0667 e. The van der Waals surface area contributed by atoms with Gasteiger partial charge in [-0.1, -0.05) is 136 Å². The topological polar surface area (TPSA) is 43.7 Å². The van der Waals surface area contributed by atoms with Gasteiger partial charge in [0.25, 0.3) is 0 Å². The molecule has 0 saturated carbocycles. The molecule has 0 rings (SSSR count). The number of hydrogen-bond acceptors (Lipinski definition) is 3. The van der Waals surface area contributed by atoms with Crippen molar-refractivity contribution in [1.29, 1.82) is 0 Å². The zero-order chi connectivity index (χ0) is 23.7. The molecule has 2 unspecified atom stereocenters. The first-order chi connectivity index (χ1) is 15.6. The van der Waals surface area contributed by atoms with Gasteiger partial charge in [-0.05, 0) is 25.8 Å². The summed E-state index contributed by atoms with van der Waals surface area (Å²) in [6, 6.07) is 0. The lowest BCUT2D eigenvalue weighted by atomic mass is 10.0. The summed E-state index contributed by atoms with van der Waals surface area (Å²) in [5, 5.41) is 21.1. The molecular weight excluding hydrogens is 394 g/mol. The summed E-state index contributed by atoms with van der Waals surface area (Å²) in [4.78, 5) is 2.33. The third kappa shape index (κ3) is 23.1. The van der Waals surface area contributed by atoms with Gasteiger partial charge in [0.1, 0.15) is 0 Å². The molecule has 0 amide bonds. The second-order valence-electron chi connectivity index (χ2n) is 10.3. The second-order valence-corrected chi connectivity index (χ2v) is 10.3. The van der Waals surface area contributed by atoms with Crippen LogP contribution in [0.4, 0.5) is 0 Å². The average molecular weight is 456 g/mol. The lowest BCUT2D eigenvalue weighted by molar-refractivity contribution is 0.0597. The van der Waals surface area contributed by atoms with Crippen LogP contribution in [0.2, 0.25) is 0 Å². The SMILES string of the molecule is CCCCCCCCCCC(O)CN(CCCCC)CC(O)CCCCCCCCCC. The zero-order valence-electron chi connectivity index (χ0n) is 22.5. The van der Waals surface area contributed by atoms with Crippen LogP contribution in [0, 0.1) is 0 Å². The van der Waals surface area contributed by atoms with E-state index >= 15 is 0 Å². The fourth-order valence-corrected chi connectivity index (χ4v) is 4.65. The predicted molar refractivity (Wildman–Crippen MR) is 142 cm³/mol. The molecule has 0 radical (unpaired) electrons. The van der Waals surface area contributed by atoms with Gasteiger partial charge in [-0.25, -0.2) is 0 Å². The van der Waals surface area contributed by atoms with Crippen LogP contribution >= 0.6 is 0 Å². The number of rotatable bonds is 26. The Kier molecular flexibility index (Phi) is 25.4. The number of nitrogens with zero attached hydrogens (tertiary/aromatic N) is 1. The minimum Gasteiger partial charge on any atom is -0.392 e. The van der Waals surface area contributed by atoms with Crippen LogP contribution in [-0.2, 0) is 0 Å². The van der Waals surface area contributed by atoms with Crippen molar-refractivity contribution >= 4 is 0 Å². The third-order valence-corrected chi connectivity index (χ3v) is 6.80. The van der Waals surface area contributed by atoms with Gasteiger partial charge in [-0.2, -0.15) is 0 Å². The van der Waals surface area contributed by atoms with E-state index in [1.165, 1.54) is 109 Å². The van der Waals surface area contributed by atoms with Gasteiger partial charge in [0.15, 0.2) is 0 Å². The van der Waals surface area contributed by atoms with Gasteiger partial charge >= 0.3 is 0 Å². The van der Waals surface area contributed by atoms with E-state index in [1.807, 2.05) is 0 Å². The van der Waals surface area contributed by atoms with Crippen molar-refractivity contribution < 1.29 is 10.2 Å². The molecule has 0 aliphatic heterocycles. The van der Waals surface area contributed by atoms with Crippen LogP contribution in [0.15, 0.2) is 0 Å². The quantitative estimate of drug-likeness (QED) is 0.129. The Morgan fingerprint density at radius 1 is 0.438 bits per heavy atom. The molecule has 3 heteroatoms. The van der Waals surface area contributed by atoms with Crippen LogP contribution in [0.3, 0.4) is 0 Å². The highest BCUT2D eigenvalue weighted by Gasteiger charge is 2.15. The van der Waals surface area contributed by atoms with E-state index < -0.39 is 0 Å². The van der Waals surface area contributed by atoms with Gasteiger partial charge in [0.05, 0.1) is 12.2 Å². The van der Waals surface area contributed by atoms with Crippen molar-refractivity contribution in [1.82, 2.24) is 4.90 Å². The van der Waals surface area contributed by atoms with Crippen molar-refractivity contribution in [3.05, 3.63) is 0 Å². The summed E-state index contributed by atoms with van der Waals surface area (Å²) < 4.78 is 0. The summed E-state index contributed by atoms with van der Waals surface area (Å²) in [6.07, 6.45) is 25.9. The second kappa shape index (κ2) is 25.5. The summed E-state index contributed by atoms with van der Waals surface area (Å²) in [5.74, 6) is 0. The Hall–Kier alpha value is -0.120. The number of unbranched alkanes of at least 4 members (excludes halogenated alkanes) is 16. The zero-order valence-corrected chi connectivity index (χ0v) is 22.5. The van der Waals surface area contributed by atoms with Crippen molar-refractivity contribution in [3.63, 3.8) is 0 Å².